The molecular weight excluding hydrogens is 244 g/mol. The van der Waals surface area contributed by atoms with Crippen molar-refractivity contribution in [2.75, 3.05) is 7.11 Å². The molecule has 1 aromatic heterocycles. The van der Waals surface area contributed by atoms with Crippen LogP contribution in [-0.2, 0) is 16.1 Å². The van der Waals surface area contributed by atoms with Crippen LogP contribution in [0.4, 0.5) is 0 Å². The Morgan fingerprint density at radius 2 is 2.11 bits per heavy atom. The topological polar surface area (TPSA) is 60.5 Å². The van der Waals surface area contributed by atoms with Crippen LogP contribution in [0.3, 0.4) is 0 Å². The molecule has 19 heavy (non-hydrogen) atoms. The van der Waals surface area contributed by atoms with Crippen LogP contribution in [-0.4, -0.2) is 29.7 Å². The Labute approximate surface area is 114 Å². The van der Waals surface area contributed by atoms with Gasteiger partial charge in [0.15, 0.2) is 0 Å². The molecule has 5 nitrogen and oxygen atoms in total. The van der Waals surface area contributed by atoms with Crippen molar-refractivity contribution >= 4 is 5.97 Å². The molecule has 5 heteroatoms. The van der Waals surface area contributed by atoms with E-state index in [1.165, 1.54) is 0 Å². The van der Waals surface area contributed by atoms with Crippen LogP contribution < -0.4 is 10.1 Å². The summed E-state index contributed by atoms with van der Waals surface area (Å²) in [6.45, 7) is 7.89. The van der Waals surface area contributed by atoms with E-state index in [1.807, 2.05) is 26.8 Å². The number of nitrogens with one attached hydrogen (secondary N) is 1. The number of ether oxygens (including phenoxy) is 2. The summed E-state index contributed by atoms with van der Waals surface area (Å²) in [5.41, 5.74) is 0.519. The van der Waals surface area contributed by atoms with Gasteiger partial charge in [0.2, 0.25) is 5.88 Å². The number of rotatable bonds is 5. The van der Waals surface area contributed by atoms with E-state index in [2.05, 4.69) is 10.3 Å². The average Bonchev–Trinajstić information content (AvgIpc) is 2.34. The van der Waals surface area contributed by atoms with Crippen molar-refractivity contribution in [3.05, 3.63) is 23.9 Å². The minimum Gasteiger partial charge on any atom is -0.481 e. The predicted octanol–water partition coefficient (Wildman–Crippen LogP) is 1.91. The third-order valence-corrected chi connectivity index (χ3v) is 2.38. The number of nitrogens with zero attached hydrogens (tertiary/aromatic N) is 1. The van der Waals surface area contributed by atoms with Gasteiger partial charge in [0.05, 0.1) is 7.11 Å². The van der Waals surface area contributed by atoms with Crippen molar-refractivity contribution < 1.29 is 14.3 Å². The van der Waals surface area contributed by atoms with E-state index in [0.29, 0.717) is 12.4 Å². The van der Waals surface area contributed by atoms with Crippen molar-refractivity contribution in [3.63, 3.8) is 0 Å². The SMILES string of the molecule is COc1ccc(CNC(C)C(=O)OC(C)(C)C)cn1. The second-order valence-electron chi connectivity index (χ2n) is 5.34. The van der Waals surface area contributed by atoms with E-state index in [-0.39, 0.29) is 12.0 Å². The molecule has 0 aromatic carbocycles. The Hall–Kier alpha value is -1.62. The predicted molar refractivity (Wildman–Crippen MR) is 72.9 cm³/mol. The van der Waals surface area contributed by atoms with Crippen LogP contribution in [0.25, 0.3) is 0 Å². The molecule has 0 aliphatic rings. The Morgan fingerprint density at radius 1 is 1.42 bits per heavy atom. The van der Waals surface area contributed by atoms with Crippen molar-refractivity contribution in [1.82, 2.24) is 10.3 Å². The molecule has 0 spiro atoms. The first-order valence-corrected chi connectivity index (χ1v) is 6.27. The van der Waals surface area contributed by atoms with E-state index >= 15 is 0 Å². The molecular formula is C14H22N2O3. The van der Waals surface area contributed by atoms with Gasteiger partial charge >= 0.3 is 5.97 Å². The third-order valence-electron chi connectivity index (χ3n) is 2.38. The van der Waals surface area contributed by atoms with E-state index < -0.39 is 5.60 Å². The fourth-order valence-corrected chi connectivity index (χ4v) is 1.38. The summed E-state index contributed by atoms with van der Waals surface area (Å²) in [4.78, 5) is 15.9. The number of carbonyl (C=O) groups excluding carboxylic acids is 1. The lowest BCUT2D eigenvalue weighted by Crippen LogP contribution is -2.38. The summed E-state index contributed by atoms with van der Waals surface area (Å²) in [5, 5.41) is 3.10. The van der Waals surface area contributed by atoms with Crippen LogP contribution >= 0.6 is 0 Å². The van der Waals surface area contributed by atoms with Gasteiger partial charge in [-0.25, -0.2) is 4.98 Å². The van der Waals surface area contributed by atoms with Crippen molar-refractivity contribution in [2.24, 2.45) is 0 Å². The lowest BCUT2D eigenvalue weighted by Gasteiger charge is -2.22. The van der Waals surface area contributed by atoms with Gasteiger partial charge in [-0.3, -0.25) is 4.79 Å². The smallest absolute Gasteiger partial charge is 0.323 e. The van der Waals surface area contributed by atoms with Crippen LogP contribution in [0, 0.1) is 0 Å². The average molecular weight is 266 g/mol. The number of hydrogen-bond acceptors (Lipinski definition) is 5. The third kappa shape index (κ3) is 5.70. The second kappa shape index (κ2) is 6.52. The zero-order chi connectivity index (χ0) is 14.5. The Balaban J connectivity index is 2.44. The van der Waals surface area contributed by atoms with Crippen LogP contribution in [0.1, 0.15) is 33.3 Å². The van der Waals surface area contributed by atoms with Crippen LogP contribution in [0.5, 0.6) is 5.88 Å². The Bertz CT molecular complexity index is 410. The van der Waals surface area contributed by atoms with Gasteiger partial charge < -0.3 is 14.8 Å². The maximum atomic E-state index is 11.8. The van der Waals surface area contributed by atoms with Gasteiger partial charge in [-0.05, 0) is 33.3 Å². The van der Waals surface area contributed by atoms with Gasteiger partial charge in [0.1, 0.15) is 11.6 Å². The number of pyridine rings is 1. The molecule has 0 aliphatic carbocycles. The summed E-state index contributed by atoms with van der Waals surface area (Å²) in [7, 11) is 1.57. The highest BCUT2D eigenvalue weighted by Gasteiger charge is 2.21. The summed E-state index contributed by atoms with van der Waals surface area (Å²) in [6.07, 6.45) is 1.72. The monoisotopic (exact) mass is 266 g/mol. The molecule has 0 saturated carbocycles. The van der Waals surface area contributed by atoms with Gasteiger partial charge in [0.25, 0.3) is 0 Å². The first-order valence-electron chi connectivity index (χ1n) is 6.27. The number of carbonyl (C=O) groups is 1. The molecule has 1 N–H and O–H groups in total. The molecule has 0 bridgehead atoms. The summed E-state index contributed by atoms with van der Waals surface area (Å²) in [6, 6.07) is 3.33. The quantitative estimate of drug-likeness (QED) is 0.825. The zero-order valence-corrected chi connectivity index (χ0v) is 12.2. The molecule has 1 heterocycles. The molecule has 0 saturated heterocycles. The minimum atomic E-state index is -0.464. The fraction of sp³-hybridized carbons (Fsp3) is 0.571. The van der Waals surface area contributed by atoms with Crippen molar-refractivity contribution in [2.45, 2.75) is 45.9 Å². The first-order chi connectivity index (χ1) is 8.81. The number of aromatic nitrogens is 1. The summed E-state index contributed by atoms with van der Waals surface area (Å²) < 4.78 is 10.3. The van der Waals surface area contributed by atoms with Gasteiger partial charge in [-0.2, -0.15) is 0 Å². The van der Waals surface area contributed by atoms with E-state index in [9.17, 15) is 4.79 Å². The zero-order valence-electron chi connectivity index (χ0n) is 12.2. The van der Waals surface area contributed by atoms with Gasteiger partial charge in [-0.1, -0.05) is 6.07 Å². The number of hydrogen-bond donors (Lipinski definition) is 1. The fourth-order valence-electron chi connectivity index (χ4n) is 1.38. The molecule has 1 aromatic rings. The lowest BCUT2D eigenvalue weighted by atomic mass is 10.2. The molecule has 0 radical (unpaired) electrons. The summed E-state index contributed by atoms with van der Waals surface area (Å²) in [5.74, 6) is 0.318. The van der Waals surface area contributed by atoms with E-state index in [4.69, 9.17) is 9.47 Å². The minimum absolute atomic E-state index is 0.256. The lowest BCUT2D eigenvalue weighted by molar-refractivity contribution is -0.157. The van der Waals surface area contributed by atoms with Gasteiger partial charge in [0, 0.05) is 18.8 Å². The molecule has 106 valence electrons. The second-order valence-corrected chi connectivity index (χ2v) is 5.34. The maximum Gasteiger partial charge on any atom is 0.323 e. The van der Waals surface area contributed by atoms with E-state index in [1.54, 1.807) is 26.3 Å². The molecule has 0 fully saturated rings. The molecule has 1 atom stereocenters. The standard InChI is InChI=1S/C14H22N2O3/c1-10(13(17)19-14(2,3)4)15-8-11-6-7-12(18-5)16-9-11/h6-7,9-10,15H,8H2,1-5H3. The van der Waals surface area contributed by atoms with Crippen molar-refractivity contribution in [3.8, 4) is 5.88 Å². The highest BCUT2D eigenvalue weighted by molar-refractivity contribution is 5.75. The van der Waals surface area contributed by atoms with Crippen molar-refractivity contribution in [1.29, 1.82) is 0 Å². The molecule has 0 aliphatic heterocycles. The van der Waals surface area contributed by atoms with Crippen LogP contribution in [0.15, 0.2) is 18.3 Å². The number of methoxy groups -OCH3 is 1. The Morgan fingerprint density at radius 3 is 2.58 bits per heavy atom. The molecule has 1 unspecified atom stereocenters. The van der Waals surface area contributed by atoms with E-state index in [0.717, 1.165) is 5.56 Å². The highest BCUT2D eigenvalue weighted by atomic mass is 16.6. The molecule has 1 rings (SSSR count). The first kappa shape index (κ1) is 15.4. The highest BCUT2D eigenvalue weighted by Crippen LogP contribution is 2.09. The molecule has 0 amide bonds. The largest absolute Gasteiger partial charge is 0.481 e. The van der Waals surface area contributed by atoms with Crippen LogP contribution in [0.2, 0.25) is 0 Å². The Kier molecular flexibility index (Phi) is 5.30. The normalized spacial score (nSPS) is 12.9. The maximum absolute atomic E-state index is 11.8. The summed E-state index contributed by atoms with van der Waals surface area (Å²) >= 11 is 0. The number of esters is 1. The van der Waals surface area contributed by atoms with Gasteiger partial charge in [-0.15, -0.1) is 0 Å².